The number of pyridine rings is 1. The van der Waals surface area contributed by atoms with Crippen molar-refractivity contribution in [3.63, 3.8) is 0 Å². The van der Waals surface area contributed by atoms with Gasteiger partial charge in [0.05, 0.1) is 30.0 Å². The number of aromatic hydroxyl groups is 1. The molecular formula is C39H56N6O5Si. The van der Waals surface area contributed by atoms with E-state index < -0.39 is 14.4 Å². The van der Waals surface area contributed by atoms with Crippen LogP contribution < -0.4 is 16.0 Å². The topological polar surface area (TPSA) is 143 Å². The first-order chi connectivity index (χ1) is 24.3. The molecule has 0 spiro atoms. The summed E-state index contributed by atoms with van der Waals surface area (Å²) in [6.45, 7) is 18.6. The molecule has 0 bridgehead atoms. The van der Waals surface area contributed by atoms with Crippen molar-refractivity contribution in [1.82, 2.24) is 25.4 Å². The zero-order valence-corrected chi connectivity index (χ0v) is 32.3. The predicted octanol–water partition coefficient (Wildman–Crippen LogP) is 6.59. The maximum absolute atomic E-state index is 13.5. The lowest BCUT2D eigenvalue weighted by atomic mass is 10.0. The van der Waals surface area contributed by atoms with Crippen molar-refractivity contribution in [3.8, 4) is 5.75 Å². The number of nitrogens with one attached hydrogen (secondary N) is 3. The van der Waals surface area contributed by atoms with E-state index >= 15 is 0 Å². The zero-order valence-electron chi connectivity index (χ0n) is 31.3. The lowest BCUT2D eigenvalue weighted by Gasteiger charge is -2.36. The van der Waals surface area contributed by atoms with Gasteiger partial charge in [-0.1, -0.05) is 45.9 Å². The molecule has 0 aliphatic carbocycles. The van der Waals surface area contributed by atoms with Crippen molar-refractivity contribution in [1.29, 1.82) is 0 Å². The Balaban J connectivity index is 1.22. The standard InChI is InChI=1S/C39H56N6O5Si/c1-8-33-31(36(43-30-15-17-49-18-16-30)32-23-42-45(9-2)37(32)44-33)22-41-38(48)28-12-10-11-26(19-28)21-40-24-35(47)27-13-14-34(46)29(20-27)25-50-51(6,7)39(3,4)5/h10-14,19-20,23,30,35,40,46-47H,8-9,15-18,21-22,24-25H2,1-7H3,(H,41,48)(H,43,44)/t35-/m0/s1. The second-order valence-corrected chi connectivity index (χ2v) is 19.8. The normalized spacial score (nSPS) is 14.9. The number of anilines is 1. The fraction of sp³-hybridized carbons (Fsp3) is 0.513. The van der Waals surface area contributed by atoms with E-state index in [4.69, 9.17) is 14.1 Å². The van der Waals surface area contributed by atoms with E-state index in [9.17, 15) is 15.0 Å². The number of aromatic nitrogens is 3. The van der Waals surface area contributed by atoms with Crippen molar-refractivity contribution in [2.75, 3.05) is 25.1 Å². The van der Waals surface area contributed by atoms with Crippen LogP contribution in [-0.2, 0) is 41.8 Å². The molecule has 0 saturated carbocycles. The van der Waals surface area contributed by atoms with Crippen molar-refractivity contribution < 1.29 is 24.2 Å². The van der Waals surface area contributed by atoms with Crippen LogP contribution in [0, 0.1) is 0 Å². The second-order valence-electron chi connectivity index (χ2n) is 15.0. The number of carbonyl (C=O) groups excluding carboxylic acids is 1. The Morgan fingerprint density at radius 2 is 1.88 bits per heavy atom. The largest absolute Gasteiger partial charge is 0.508 e. The van der Waals surface area contributed by atoms with Crippen molar-refractivity contribution in [3.05, 3.63) is 82.2 Å². The number of aryl methyl sites for hydroxylation is 2. The SMILES string of the molecule is CCc1nc2c(cnn2CC)c(NC2CCOCC2)c1CNC(=O)c1cccc(CNC[C@H](O)c2ccc(O)c(CO[Si](C)(C)C(C)(C)C)c2)c1. The highest BCUT2D eigenvalue weighted by atomic mass is 28.4. The molecule has 11 nitrogen and oxygen atoms in total. The van der Waals surface area contributed by atoms with Gasteiger partial charge in [-0.15, -0.1) is 0 Å². The number of hydrogen-bond acceptors (Lipinski definition) is 9. The Labute approximate surface area is 303 Å². The summed E-state index contributed by atoms with van der Waals surface area (Å²) in [7, 11) is -2.00. The average molecular weight is 717 g/mol. The average Bonchev–Trinajstić information content (AvgIpc) is 3.53. The molecule has 3 heterocycles. The Bertz CT molecular complexity index is 1800. The second kappa shape index (κ2) is 16.7. The molecule has 0 unspecified atom stereocenters. The van der Waals surface area contributed by atoms with Gasteiger partial charge in [0.15, 0.2) is 14.0 Å². The van der Waals surface area contributed by atoms with E-state index in [2.05, 4.69) is 68.8 Å². The third-order valence-electron chi connectivity index (χ3n) is 10.3. The highest BCUT2D eigenvalue weighted by Crippen LogP contribution is 2.38. The number of hydrogen-bond donors (Lipinski definition) is 5. The van der Waals surface area contributed by atoms with Crippen LogP contribution in [0.2, 0.25) is 18.1 Å². The summed E-state index contributed by atoms with van der Waals surface area (Å²) in [5, 5.41) is 37.3. The minimum atomic E-state index is -2.00. The van der Waals surface area contributed by atoms with Gasteiger partial charge in [-0.05, 0) is 79.7 Å². The molecule has 276 valence electrons. The number of fused-ring (bicyclic) bond motifs is 1. The van der Waals surface area contributed by atoms with E-state index in [0.29, 0.717) is 42.9 Å². The van der Waals surface area contributed by atoms with E-state index in [1.165, 1.54) is 0 Å². The number of nitrogens with zero attached hydrogens (tertiary/aromatic N) is 3. The maximum atomic E-state index is 13.5. The van der Waals surface area contributed by atoms with Gasteiger partial charge in [0.25, 0.3) is 5.91 Å². The molecule has 5 rings (SSSR count). The maximum Gasteiger partial charge on any atom is 0.251 e. The summed E-state index contributed by atoms with van der Waals surface area (Å²) in [5.41, 5.74) is 6.62. The van der Waals surface area contributed by atoms with Crippen LogP contribution in [0.15, 0.2) is 48.7 Å². The molecule has 0 radical (unpaired) electrons. The number of phenols is 1. The van der Waals surface area contributed by atoms with Gasteiger partial charge in [0.2, 0.25) is 0 Å². The van der Waals surface area contributed by atoms with Gasteiger partial charge in [-0.25, -0.2) is 9.67 Å². The van der Waals surface area contributed by atoms with Crippen LogP contribution in [0.4, 0.5) is 5.69 Å². The molecule has 2 aromatic heterocycles. The first kappa shape index (κ1) is 38.4. The summed E-state index contributed by atoms with van der Waals surface area (Å²) in [6, 6.07) is 13.0. The monoisotopic (exact) mass is 716 g/mol. The van der Waals surface area contributed by atoms with Crippen molar-refractivity contribution in [2.45, 2.75) is 110 Å². The Kier molecular flexibility index (Phi) is 12.6. The Morgan fingerprint density at radius 1 is 1.12 bits per heavy atom. The quantitative estimate of drug-likeness (QED) is 0.0862. The lowest BCUT2D eigenvalue weighted by Crippen LogP contribution is -2.40. The van der Waals surface area contributed by atoms with Crippen molar-refractivity contribution >= 4 is 30.9 Å². The molecule has 2 aromatic carbocycles. The van der Waals surface area contributed by atoms with Crippen LogP contribution in [0.1, 0.15) is 91.9 Å². The van der Waals surface area contributed by atoms with Crippen LogP contribution >= 0.6 is 0 Å². The van der Waals surface area contributed by atoms with Gasteiger partial charge in [0.1, 0.15) is 5.75 Å². The summed E-state index contributed by atoms with van der Waals surface area (Å²) < 4.78 is 13.8. The number of aliphatic hydroxyl groups excluding tert-OH is 1. The molecule has 1 aliphatic rings. The molecule has 51 heavy (non-hydrogen) atoms. The zero-order chi connectivity index (χ0) is 36.8. The molecule has 1 fully saturated rings. The smallest absolute Gasteiger partial charge is 0.251 e. The van der Waals surface area contributed by atoms with Gasteiger partial charge >= 0.3 is 0 Å². The van der Waals surface area contributed by atoms with E-state index in [-0.39, 0.29) is 22.7 Å². The fourth-order valence-electron chi connectivity index (χ4n) is 6.07. The third-order valence-corrected chi connectivity index (χ3v) is 14.8. The number of rotatable bonds is 15. The highest BCUT2D eigenvalue weighted by molar-refractivity contribution is 6.74. The van der Waals surface area contributed by atoms with Gasteiger partial charge in [0, 0.05) is 67.8 Å². The Hall–Kier alpha value is -3.81. The fourth-order valence-corrected chi connectivity index (χ4v) is 7.02. The van der Waals surface area contributed by atoms with Gasteiger partial charge in [-0.3, -0.25) is 4.79 Å². The Morgan fingerprint density at radius 3 is 2.59 bits per heavy atom. The summed E-state index contributed by atoms with van der Waals surface area (Å²) >= 11 is 0. The summed E-state index contributed by atoms with van der Waals surface area (Å²) in [4.78, 5) is 18.5. The minimum absolute atomic E-state index is 0.0537. The van der Waals surface area contributed by atoms with E-state index in [0.717, 1.165) is 72.6 Å². The molecule has 12 heteroatoms. The van der Waals surface area contributed by atoms with Crippen molar-refractivity contribution in [2.24, 2.45) is 0 Å². The van der Waals surface area contributed by atoms with Crippen LogP contribution in [0.3, 0.4) is 0 Å². The van der Waals surface area contributed by atoms with Gasteiger partial charge < -0.3 is 35.3 Å². The highest BCUT2D eigenvalue weighted by Gasteiger charge is 2.37. The molecule has 1 aliphatic heterocycles. The molecule has 1 amide bonds. The molecule has 1 atom stereocenters. The molecule has 4 aromatic rings. The molecular weight excluding hydrogens is 661 g/mol. The number of amides is 1. The minimum Gasteiger partial charge on any atom is -0.508 e. The number of benzene rings is 2. The number of carbonyl (C=O) groups is 1. The number of phenolic OH excluding ortho intramolecular Hbond substituents is 1. The summed E-state index contributed by atoms with van der Waals surface area (Å²) in [5.74, 6) is -0.00768. The predicted molar refractivity (Wildman–Crippen MR) is 204 cm³/mol. The lowest BCUT2D eigenvalue weighted by molar-refractivity contribution is 0.0904. The van der Waals surface area contributed by atoms with Crippen LogP contribution in [-0.4, -0.2) is 65.0 Å². The molecule has 5 N–H and O–H groups in total. The molecule has 1 saturated heterocycles. The first-order valence-electron chi connectivity index (χ1n) is 18.2. The number of aliphatic hydroxyl groups is 1. The van der Waals surface area contributed by atoms with E-state index in [1.54, 1.807) is 12.1 Å². The summed E-state index contributed by atoms with van der Waals surface area (Å²) in [6.07, 6.45) is 3.65. The van der Waals surface area contributed by atoms with Crippen LogP contribution in [0.25, 0.3) is 11.0 Å². The van der Waals surface area contributed by atoms with E-state index in [1.807, 2.05) is 41.2 Å². The third kappa shape index (κ3) is 9.35. The first-order valence-corrected chi connectivity index (χ1v) is 21.1. The number of ether oxygens (including phenoxy) is 1. The van der Waals surface area contributed by atoms with Gasteiger partial charge in [-0.2, -0.15) is 5.10 Å². The van der Waals surface area contributed by atoms with Crippen LogP contribution in [0.5, 0.6) is 5.75 Å².